The maximum absolute atomic E-state index is 16.0. The van der Waals surface area contributed by atoms with E-state index in [1.165, 1.54) is 30.0 Å². The van der Waals surface area contributed by atoms with Gasteiger partial charge in [0.05, 0.1) is 46.9 Å². The van der Waals surface area contributed by atoms with Gasteiger partial charge in [0.2, 0.25) is 11.8 Å². The highest BCUT2D eigenvalue weighted by Gasteiger charge is 2.51. The summed E-state index contributed by atoms with van der Waals surface area (Å²) in [5.74, 6) is -3.25. The third kappa shape index (κ3) is 8.68. The van der Waals surface area contributed by atoms with Crippen molar-refractivity contribution in [2.45, 2.75) is 75.5 Å². The van der Waals surface area contributed by atoms with Crippen LogP contribution in [0, 0.1) is 0 Å². The van der Waals surface area contributed by atoms with E-state index in [-0.39, 0.29) is 42.9 Å². The summed E-state index contributed by atoms with van der Waals surface area (Å²) in [6.45, 7) is 5.53. The molecule has 6 aromatic rings. The van der Waals surface area contributed by atoms with E-state index >= 15 is 8.78 Å². The average molecular weight is 971 g/mol. The Hall–Kier alpha value is -6.77. The van der Waals surface area contributed by atoms with Crippen molar-refractivity contribution in [1.29, 1.82) is 0 Å². The molecule has 2 unspecified atom stereocenters. The van der Waals surface area contributed by atoms with Gasteiger partial charge in [0.1, 0.15) is 6.04 Å². The zero-order chi connectivity index (χ0) is 49.1. The van der Waals surface area contributed by atoms with Crippen LogP contribution in [-0.4, -0.2) is 152 Å². The second-order valence-corrected chi connectivity index (χ2v) is 19.7. The number of aromatic nitrogens is 6. The van der Waals surface area contributed by atoms with Crippen LogP contribution in [0.15, 0.2) is 71.8 Å². The minimum absolute atomic E-state index is 0.180. The van der Waals surface area contributed by atoms with Crippen LogP contribution in [0.1, 0.15) is 66.2 Å². The molecule has 6 aliphatic rings. The summed E-state index contributed by atoms with van der Waals surface area (Å²) in [4.78, 5) is 70.5. The van der Waals surface area contributed by atoms with E-state index < -0.39 is 23.9 Å². The molecule has 0 bridgehead atoms. The molecule has 4 saturated heterocycles. The molecule has 3 N–H and O–H groups in total. The van der Waals surface area contributed by atoms with Crippen LogP contribution in [0.3, 0.4) is 0 Å². The van der Waals surface area contributed by atoms with E-state index in [0.717, 1.165) is 64.5 Å². The number of hydrogen-bond acceptors (Lipinski definition) is 13. The van der Waals surface area contributed by atoms with Crippen molar-refractivity contribution >= 4 is 57.3 Å². The number of imidazole rings is 2. The Kier molecular flexibility index (Phi) is 12.3. The molecule has 9 heterocycles. The molecule has 3 amide bonds. The summed E-state index contributed by atoms with van der Waals surface area (Å²) in [5, 5.41) is 13.1. The number of aryl methyl sites for hydroxylation is 1. The van der Waals surface area contributed by atoms with E-state index in [4.69, 9.17) is 10.1 Å². The monoisotopic (exact) mass is 970 g/mol. The molecule has 12 rings (SSSR count). The van der Waals surface area contributed by atoms with Crippen molar-refractivity contribution in [1.82, 2.24) is 54.0 Å². The summed E-state index contributed by atoms with van der Waals surface area (Å²) in [6, 6.07) is 16.4. The smallest absolute Gasteiger partial charge is 0.329 e. The van der Waals surface area contributed by atoms with Gasteiger partial charge in [-0.25, -0.2) is 23.1 Å². The highest BCUT2D eigenvalue weighted by molar-refractivity contribution is 6.00. The van der Waals surface area contributed by atoms with Gasteiger partial charge in [-0.3, -0.25) is 48.5 Å². The first kappa shape index (κ1) is 46.6. The van der Waals surface area contributed by atoms with Crippen molar-refractivity contribution in [3.8, 4) is 11.3 Å². The topological polar surface area (TPSA) is 174 Å². The lowest BCUT2D eigenvalue weighted by Gasteiger charge is -2.53. The molecule has 372 valence electrons. The van der Waals surface area contributed by atoms with Crippen molar-refractivity contribution in [2.75, 3.05) is 88.1 Å². The molecule has 0 radical (unpaired) electrons. The van der Waals surface area contributed by atoms with Gasteiger partial charge < -0.3 is 20.4 Å². The fourth-order valence-corrected chi connectivity index (χ4v) is 11.2. The van der Waals surface area contributed by atoms with Crippen LogP contribution in [0.4, 0.5) is 31.7 Å². The Bertz CT molecular complexity index is 3080. The Balaban J connectivity index is 0.00000176. The standard InChI is InChI=1S/C48H54F2N14O4.C3H6/c1-51-34-22-41(56-64-39(45(66)52-2)24-54-44(34)64)62-17-14-32-31(6-4-7-35(32)62)33-11-10-29(23-53-33)25-58-16-15-40(48(49,50)28-58)61-26-30(27-61)59-18-20-60(21-19-59)36-8-5-9-37-43(36)57(3)47(68)63(37)38-12-13-42(65)55-46(38)67;1-2-3-1/h4-11,22-24,30,38,40,51H,12-21,25-28H2,1-3H3,(H,52,66)(H,55,65,67);1-3H2. The summed E-state index contributed by atoms with van der Waals surface area (Å²) >= 11 is 0. The average Bonchev–Trinajstić information content (AvgIpc) is 4.02. The first-order valence-corrected chi connectivity index (χ1v) is 24.9. The molecular weight excluding hydrogens is 911 g/mol. The van der Waals surface area contributed by atoms with Gasteiger partial charge in [0.15, 0.2) is 17.2 Å². The largest absolute Gasteiger partial charge is 0.385 e. The van der Waals surface area contributed by atoms with Gasteiger partial charge in [-0.2, -0.15) is 0 Å². The molecule has 5 aliphatic heterocycles. The molecule has 0 spiro atoms. The van der Waals surface area contributed by atoms with E-state index in [0.29, 0.717) is 74.9 Å². The normalized spacial score (nSPS) is 21.7. The van der Waals surface area contributed by atoms with Crippen molar-refractivity contribution in [2.24, 2.45) is 7.05 Å². The van der Waals surface area contributed by atoms with Crippen molar-refractivity contribution < 1.29 is 23.2 Å². The summed E-state index contributed by atoms with van der Waals surface area (Å²) in [5.41, 5.74) is 8.51. The lowest BCUT2D eigenvalue weighted by molar-refractivity contribution is -0.154. The van der Waals surface area contributed by atoms with Gasteiger partial charge in [-0.05, 0) is 54.7 Å². The Morgan fingerprint density at radius 2 is 1.63 bits per heavy atom. The molecule has 2 atom stereocenters. The summed E-state index contributed by atoms with van der Waals surface area (Å²) < 4.78 is 36.6. The number of imide groups is 1. The number of carbonyl (C=O) groups is 3. The number of amides is 3. The van der Waals surface area contributed by atoms with E-state index in [2.05, 4.69) is 47.8 Å². The number of para-hydroxylation sites is 1. The highest BCUT2D eigenvalue weighted by Crippen LogP contribution is 2.41. The second kappa shape index (κ2) is 18.8. The molecular formula is C51H60F2N14O4. The number of likely N-dealkylation sites (tertiary alicyclic amines) is 2. The number of fused-ring (bicyclic) bond motifs is 3. The first-order chi connectivity index (χ1) is 34.4. The maximum atomic E-state index is 16.0. The molecule has 2 aromatic carbocycles. The number of carbonyl (C=O) groups excluding carboxylic acids is 3. The lowest BCUT2D eigenvalue weighted by Crippen LogP contribution is -2.69. The van der Waals surface area contributed by atoms with Crippen LogP contribution in [0.2, 0.25) is 0 Å². The maximum Gasteiger partial charge on any atom is 0.329 e. The van der Waals surface area contributed by atoms with Gasteiger partial charge in [-0.1, -0.05) is 43.5 Å². The quantitative estimate of drug-likeness (QED) is 0.165. The number of piperidine rings is 2. The zero-order valence-electron chi connectivity index (χ0n) is 40.4. The fourth-order valence-electron chi connectivity index (χ4n) is 11.2. The highest BCUT2D eigenvalue weighted by atomic mass is 19.3. The predicted molar refractivity (Wildman–Crippen MR) is 267 cm³/mol. The minimum atomic E-state index is -2.86. The number of hydrogen-bond donors (Lipinski definition) is 3. The van der Waals surface area contributed by atoms with Crippen molar-refractivity contribution in [3.05, 3.63) is 94.3 Å². The number of nitrogens with one attached hydrogen (secondary N) is 3. The Morgan fingerprint density at radius 3 is 2.34 bits per heavy atom. The Morgan fingerprint density at radius 1 is 0.859 bits per heavy atom. The van der Waals surface area contributed by atoms with Crippen molar-refractivity contribution in [3.63, 3.8) is 0 Å². The van der Waals surface area contributed by atoms with E-state index in [1.54, 1.807) is 29.4 Å². The molecule has 4 aromatic heterocycles. The Labute approximate surface area is 409 Å². The number of piperazine rings is 1. The van der Waals surface area contributed by atoms with Gasteiger partial charge in [0, 0.05) is 116 Å². The van der Waals surface area contributed by atoms with E-state index in [9.17, 15) is 19.2 Å². The third-order valence-electron chi connectivity index (χ3n) is 15.1. The number of pyridine rings is 1. The molecule has 18 nitrogen and oxygen atoms in total. The third-order valence-corrected chi connectivity index (χ3v) is 15.1. The van der Waals surface area contributed by atoms with Gasteiger partial charge >= 0.3 is 5.69 Å². The zero-order valence-corrected chi connectivity index (χ0v) is 40.4. The second-order valence-electron chi connectivity index (χ2n) is 19.7. The van der Waals surface area contributed by atoms with E-state index in [1.807, 2.05) is 59.3 Å². The van der Waals surface area contributed by atoms with Crippen LogP contribution >= 0.6 is 0 Å². The first-order valence-electron chi connectivity index (χ1n) is 24.9. The minimum Gasteiger partial charge on any atom is -0.385 e. The van der Waals surface area contributed by atoms with Crippen LogP contribution < -0.4 is 31.4 Å². The van der Waals surface area contributed by atoms with Crippen LogP contribution in [-0.2, 0) is 29.6 Å². The molecule has 1 saturated carbocycles. The fraction of sp³-hybridized carbons (Fsp3) is 0.471. The number of nitrogens with zero attached hydrogens (tertiary/aromatic N) is 11. The SMILES string of the molecule is C1CC1.CNC(=O)c1cnc2c(NC)cc(N3CCc4c(-c5ccc(CN6CCC(N7CC(N8CCN(c9cccc%10c9n(C)c(=O)n%10C9CCC(=O)NC9=O)CC8)C7)C(F)(F)C6)cn5)cccc43)nn12. The number of rotatable bonds is 10. The molecule has 71 heavy (non-hydrogen) atoms. The van der Waals surface area contributed by atoms with Gasteiger partial charge in [-0.15, -0.1) is 5.10 Å². The summed E-state index contributed by atoms with van der Waals surface area (Å²) in [7, 11) is 5.10. The molecule has 1 aliphatic carbocycles. The number of benzene rings is 2. The predicted octanol–water partition coefficient (Wildman–Crippen LogP) is 4.40. The number of alkyl halides is 2. The lowest BCUT2D eigenvalue weighted by atomic mass is 9.93. The molecule has 20 heteroatoms. The summed E-state index contributed by atoms with van der Waals surface area (Å²) in [6.07, 6.45) is 9.43. The van der Waals surface area contributed by atoms with Crippen LogP contribution in [0.25, 0.3) is 27.9 Å². The number of halogens is 2. The number of anilines is 4. The molecule has 5 fully saturated rings. The van der Waals surface area contributed by atoms with Gasteiger partial charge in [0.25, 0.3) is 11.8 Å². The van der Waals surface area contributed by atoms with Crippen LogP contribution in [0.5, 0.6) is 0 Å².